The first-order valence-corrected chi connectivity index (χ1v) is 9.75. The molecule has 1 aliphatic rings. The summed E-state index contributed by atoms with van der Waals surface area (Å²) in [4.78, 5) is 20.1. The average molecular weight is 339 g/mol. The molecule has 0 atom stereocenters. The third-order valence-electron chi connectivity index (χ3n) is 3.35. The summed E-state index contributed by atoms with van der Waals surface area (Å²) in [6.07, 6.45) is 2.49. The average Bonchev–Trinajstić information content (AvgIpc) is 2.81. The van der Waals surface area contributed by atoms with Gasteiger partial charge in [0, 0.05) is 23.7 Å². The molecule has 0 saturated carbocycles. The lowest BCUT2D eigenvalue weighted by Gasteiger charge is -2.26. The monoisotopic (exact) mass is 339 g/mol. The van der Waals surface area contributed by atoms with Crippen molar-refractivity contribution in [2.45, 2.75) is 38.2 Å². The first-order chi connectivity index (χ1) is 9.47. The molecule has 9 heteroatoms. The van der Waals surface area contributed by atoms with E-state index in [0.717, 1.165) is 0 Å². The molecule has 122 valence electrons. The van der Waals surface area contributed by atoms with E-state index in [1.54, 1.807) is 6.92 Å². The van der Waals surface area contributed by atoms with E-state index in [9.17, 15) is 26.4 Å². The van der Waals surface area contributed by atoms with Crippen LogP contribution in [0, 0.1) is 0 Å². The van der Waals surface area contributed by atoms with Crippen LogP contribution < -0.4 is 5.32 Å². The summed E-state index contributed by atoms with van der Waals surface area (Å²) in [5.74, 6) is -0.942. The predicted octanol–water partition coefficient (Wildman–Crippen LogP) is 0.181. The number of amides is 2. The second kappa shape index (κ2) is 7.17. The molecule has 0 spiro atoms. The molecule has 1 rings (SSSR count). The lowest BCUT2D eigenvalue weighted by Crippen LogP contribution is -2.44. The van der Waals surface area contributed by atoms with E-state index < -0.39 is 23.8 Å². The number of nitrogens with one attached hydrogen (secondary N) is 1. The van der Waals surface area contributed by atoms with Gasteiger partial charge in [-0.2, -0.15) is 0 Å². The van der Waals surface area contributed by atoms with Crippen molar-refractivity contribution in [3.8, 4) is 0 Å². The van der Waals surface area contributed by atoms with Crippen LogP contribution in [0.5, 0.6) is 0 Å². The molecule has 0 saturated heterocycles. The molecule has 2 amide bonds. The predicted molar refractivity (Wildman–Crippen MR) is 79.9 cm³/mol. The van der Waals surface area contributed by atoms with Gasteiger partial charge in [-0.05, 0) is 13.3 Å². The van der Waals surface area contributed by atoms with Gasteiger partial charge < -0.3 is 0 Å². The zero-order chi connectivity index (χ0) is 16.9. The molecule has 1 heterocycles. The maximum absolute atomic E-state index is 11.7. The molecular formula is C12H21NO6S2. The van der Waals surface area contributed by atoms with Gasteiger partial charge in [0.2, 0.25) is 0 Å². The van der Waals surface area contributed by atoms with Gasteiger partial charge in [-0.15, -0.1) is 0 Å². The Labute approximate surface area is 125 Å². The Morgan fingerprint density at radius 1 is 0.905 bits per heavy atom. The lowest BCUT2D eigenvalue weighted by molar-refractivity contribution is -0.123. The van der Waals surface area contributed by atoms with E-state index >= 15 is 0 Å². The van der Waals surface area contributed by atoms with Crippen LogP contribution in [-0.4, -0.2) is 44.2 Å². The largest absolute Gasteiger partial charge is 0.289 e. The highest BCUT2D eigenvalue weighted by molar-refractivity contribution is 8.10. The van der Waals surface area contributed by atoms with Crippen molar-refractivity contribution in [3.63, 3.8) is 0 Å². The molecule has 0 aromatic rings. The van der Waals surface area contributed by atoms with Gasteiger partial charge >= 0.3 is 0 Å². The molecule has 0 fully saturated rings. The number of hydrogen-bond acceptors (Lipinski definition) is 6. The van der Waals surface area contributed by atoms with Crippen LogP contribution in [0.25, 0.3) is 0 Å². The van der Waals surface area contributed by atoms with E-state index in [1.165, 1.54) is 32.9 Å². The maximum atomic E-state index is 11.7. The van der Waals surface area contributed by atoms with Crippen LogP contribution >= 0.6 is 0 Å². The van der Waals surface area contributed by atoms with Crippen molar-refractivity contribution < 1.29 is 26.4 Å². The standard InChI is InChI=1S/C8H18O4S2.C4H3NO2/c1-5-8(4,13(9,10)6-2)14(11,12)7-3;6-3-1-2-4(7)5-3/h5-7H2,1-4H3;1-2H,(H,5,6,7). The lowest BCUT2D eigenvalue weighted by atomic mass is 10.4. The number of carbonyl (C=O) groups is 2. The minimum absolute atomic E-state index is 0.0966. The van der Waals surface area contributed by atoms with Crippen molar-refractivity contribution in [2.24, 2.45) is 0 Å². The normalized spacial score (nSPS) is 15.4. The summed E-state index contributed by atoms with van der Waals surface area (Å²) in [6.45, 7) is 5.81. The molecular weight excluding hydrogens is 318 g/mol. The van der Waals surface area contributed by atoms with Crippen molar-refractivity contribution in [3.05, 3.63) is 12.2 Å². The second-order valence-corrected chi connectivity index (χ2v) is 10.2. The smallest absolute Gasteiger partial charge is 0.250 e. The van der Waals surface area contributed by atoms with Gasteiger partial charge in [0.15, 0.2) is 23.8 Å². The first kappa shape index (κ1) is 19.8. The van der Waals surface area contributed by atoms with Crippen LogP contribution in [0.2, 0.25) is 0 Å². The summed E-state index contributed by atoms with van der Waals surface area (Å²) in [7, 11) is -7.14. The van der Waals surface area contributed by atoms with Crippen LogP contribution in [0.1, 0.15) is 34.1 Å². The van der Waals surface area contributed by atoms with Gasteiger partial charge in [-0.25, -0.2) is 16.8 Å². The van der Waals surface area contributed by atoms with Crippen molar-refractivity contribution in [1.82, 2.24) is 5.32 Å². The number of rotatable bonds is 5. The Balaban J connectivity index is 0.000000471. The molecule has 1 aliphatic heterocycles. The zero-order valence-corrected chi connectivity index (χ0v) is 14.2. The highest BCUT2D eigenvalue weighted by Crippen LogP contribution is 2.29. The molecule has 0 radical (unpaired) electrons. The number of hydrogen-bond donors (Lipinski definition) is 1. The molecule has 1 N–H and O–H groups in total. The highest BCUT2D eigenvalue weighted by atomic mass is 32.3. The van der Waals surface area contributed by atoms with Crippen LogP contribution in [0.4, 0.5) is 0 Å². The Morgan fingerprint density at radius 2 is 1.24 bits per heavy atom. The number of sulfone groups is 2. The summed E-state index contributed by atoms with van der Waals surface area (Å²) in [6, 6.07) is 0. The second-order valence-electron chi connectivity index (χ2n) is 4.48. The number of imide groups is 1. The highest BCUT2D eigenvalue weighted by Gasteiger charge is 2.47. The van der Waals surface area contributed by atoms with E-state index in [1.807, 2.05) is 5.32 Å². The summed E-state index contributed by atoms with van der Waals surface area (Å²) < 4.78 is 45.1. The Hall–Kier alpha value is -1.22. The number of carbonyl (C=O) groups excluding carboxylic acids is 2. The van der Waals surface area contributed by atoms with Crippen LogP contribution in [-0.2, 0) is 29.3 Å². The third kappa shape index (κ3) is 4.37. The summed E-state index contributed by atoms with van der Waals surface area (Å²) >= 11 is 0. The first-order valence-electron chi connectivity index (χ1n) is 6.45. The van der Waals surface area contributed by atoms with Crippen molar-refractivity contribution >= 4 is 31.5 Å². The SMILES string of the molecule is CCC(C)(S(=O)(=O)CC)S(=O)(=O)CC.O=C1C=CC(=O)N1. The Bertz CT molecular complexity index is 581. The maximum Gasteiger partial charge on any atom is 0.250 e. The minimum Gasteiger partial charge on any atom is -0.289 e. The van der Waals surface area contributed by atoms with Gasteiger partial charge in [-0.1, -0.05) is 20.8 Å². The molecule has 21 heavy (non-hydrogen) atoms. The fourth-order valence-electron chi connectivity index (χ4n) is 1.60. The fraction of sp³-hybridized carbons (Fsp3) is 0.667. The van der Waals surface area contributed by atoms with Gasteiger partial charge in [0.25, 0.3) is 11.8 Å². The van der Waals surface area contributed by atoms with Gasteiger partial charge in [-0.3, -0.25) is 14.9 Å². The van der Waals surface area contributed by atoms with Crippen molar-refractivity contribution in [2.75, 3.05) is 11.5 Å². The fourth-order valence-corrected chi connectivity index (χ4v) is 5.96. The van der Waals surface area contributed by atoms with E-state index in [0.29, 0.717) is 0 Å². The zero-order valence-electron chi connectivity index (χ0n) is 12.5. The minimum atomic E-state index is -3.57. The van der Waals surface area contributed by atoms with Gasteiger partial charge in [0.05, 0.1) is 0 Å². The topological polar surface area (TPSA) is 114 Å². The third-order valence-corrected chi connectivity index (χ3v) is 9.60. The van der Waals surface area contributed by atoms with Gasteiger partial charge in [0.1, 0.15) is 0 Å². The van der Waals surface area contributed by atoms with Crippen LogP contribution in [0.3, 0.4) is 0 Å². The molecule has 0 aromatic carbocycles. The van der Waals surface area contributed by atoms with E-state index in [4.69, 9.17) is 0 Å². The van der Waals surface area contributed by atoms with E-state index in [-0.39, 0.29) is 29.7 Å². The Morgan fingerprint density at radius 3 is 1.38 bits per heavy atom. The van der Waals surface area contributed by atoms with Crippen LogP contribution in [0.15, 0.2) is 12.2 Å². The summed E-state index contributed by atoms with van der Waals surface area (Å²) in [5, 5.41) is 2.03. The molecule has 0 unspecified atom stereocenters. The molecule has 0 aliphatic carbocycles. The summed E-state index contributed by atoms with van der Waals surface area (Å²) in [5.41, 5.74) is 0. The quantitative estimate of drug-likeness (QED) is 0.715. The molecule has 0 bridgehead atoms. The molecule has 0 aromatic heterocycles. The Kier molecular flexibility index (Phi) is 6.75. The van der Waals surface area contributed by atoms with Crippen molar-refractivity contribution in [1.29, 1.82) is 0 Å². The molecule has 7 nitrogen and oxygen atoms in total. The van der Waals surface area contributed by atoms with E-state index in [2.05, 4.69) is 0 Å².